The molecule has 0 radical (unpaired) electrons. The minimum Gasteiger partial charge on any atom is -0.374 e. The van der Waals surface area contributed by atoms with Gasteiger partial charge >= 0.3 is 0 Å². The lowest BCUT2D eigenvalue weighted by Crippen LogP contribution is -2.49. The Hall–Kier alpha value is -3.44. The maximum atomic E-state index is 13.7. The lowest BCUT2D eigenvalue weighted by molar-refractivity contribution is -0.118. The van der Waals surface area contributed by atoms with Crippen molar-refractivity contribution in [2.45, 2.75) is 51.7 Å². The van der Waals surface area contributed by atoms with E-state index in [2.05, 4.69) is 48.6 Å². The monoisotopic (exact) mass is 484 g/mol. The first-order valence-electron chi connectivity index (χ1n) is 12.9. The van der Waals surface area contributed by atoms with Crippen molar-refractivity contribution >= 4 is 11.8 Å². The number of nitrogens with zero attached hydrogens (tertiary/aromatic N) is 1. The topological polar surface area (TPSA) is 58.6 Å². The highest BCUT2D eigenvalue weighted by Crippen LogP contribution is 2.44. The maximum Gasteiger partial charge on any atom is 0.255 e. The van der Waals surface area contributed by atoms with Crippen LogP contribution in [0.2, 0.25) is 0 Å². The molecule has 188 valence electrons. The van der Waals surface area contributed by atoms with Gasteiger partial charge in [0.15, 0.2) is 0 Å². The Morgan fingerprint density at radius 1 is 0.917 bits per heavy atom. The standard InChI is InChI=1S/C31H36N2O3/c1-3-4-11-25-16-18-26(19-17-25)22-36-23-31(27-12-6-5-7-13-27)29-15-9-8-14-28(29)30(35)33(31)21-10-20-32-24(2)34/h5-9,12-19H,3-4,10-11,20-23H2,1-2H3,(H,32,34)/t31-/m0/s1. The molecule has 4 rings (SSSR count). The molecule has 3 aromatic carbocycles. The van der Waals surface area contributed by atoms with E-state index < -0.39 is 5.54 Å². The van der Waals surface area contributed by atoms with Crippen molar-refractivity contribution in [1.82, 2.24) is 10.2 Å². The van der Waals surface area contributed by atoms with E-state index >= 15 is 0 Å². The van der Waals surface area contributed by atoms with E-state index in [4.69, 9.17) is 4.74 Å². The summed E-state index contributed by atoms with van der Waals surface area (Å²) < 4.78 is 6.40. The van der Waals surface area contributed by atoms with Crippen LogP contribution in [-0.4, -0.2) is 36.4 Å². The van der Waals surface area contributed by atoms with Crippen molar-refractivity contribution in [3.05, 3.63) is 107 Å². The molecule has 1 heterocycles. The minimum absolute atomic E-state index is 0.00107. The third-order valence-electron chi connectivity index (χ3n) is 6.91. The molecule has 2 amide bonds. The molecule has 5 nitrogen and oxygen atoms in total. The molecule has 0 fully saturated rings. The Bertz CT molecular complexity index is 1160. The van der Waals surface area contributed by atoms with Crippen molar-refractivity contribution in [2.75, 3.05) is 19.7 Å². The van der Waals surface area contributed by atoms with Crippen LogP contribution in [0.25, 0.3) is 0 Å². The number of unbranched alkanes of at least 4 members (excludes halogenated alkanes) is 1. The highest BCUT2D eigenvalue weighted by Gasteiger charge is 2.50. The van der Waals surface area contributed by atoms with Crippen molar-refractivity contribution in [3.8, 4) is 0 Å². The van der Waals surface area contributed by atoms with Crippen LogP contribution in [0.5, 0.6) is 0 Å². The number of ether oxygens (including phenoxy) is 1. The largest absolute Gasteiger partial charge is 0.374 e. The number of aryl methyl sites for hydroxylation is 1. The smallest absolute Gasteiger partial charge is 0.255 e. The lowest BCUT2D eigenvalue weighted by Gasteiger charge is -2.40. The summed E-state index contributed by atoms with van der Waals surface area (Å²) >= 11 is 0. The summed E-state index contributed by atoms with van der Waals surface area (Å²) in [6.07, 6.45) is 4.14. The normalized spacial score (nSPS) is 16.7. The minimum atomic E-state index is -0.730. The Morgan fingerprint density at radius 2 is 1.61 bits per heavy atom. The van der Waals surface area contributed by atoms with Gasteiger partial charge in [-0.3, -0.25) is 9.59 Å². The number of hydrogen-bond donors (Lipinski definition) is 1. The number of carbonyl (C=O) groups is 2. The van der Waals surface area contributed by atoms with Gasteiger partial charge < -0.3 is 15.0 Å². The van der Waals surface area contributed by atoms with Crippen LogP contribution in [0.4, 0.5) is 0 Å². The van der Waals surface area contributed by atoms with Gasteiger partial charge in [0, 0.05) is 25.6 Å². The Labute approximate surface area is 214 Å². The van der Waals surface area contributed by atoms with E-state index in [1.54, 1.807) is 0 Å². The molecule has 1 aliphatic rings. The van der Waals surface area contributed by atoms with Gasteiger partial charge in [0.25, 0.3) is 5.91 Å². The third-order valence-corrected chi connectivity index (χ3v) is 6.91. The van der Waals surface area contributed by atoms with Crippen LogP contribution in [-0.2, 0) is 28.1 Å². The Kier molecular flexibility index (Phi) is 8.55. The second-order valence-electron chi connectivity index (χ2n) is 9.48. The van der Waals surface area contributed by atoms with Crippen LogP contribution in [0.3, 0.4) is 0 Å². The zero-order valence-corrected chi connectivity index (χ0v) is 21.3. The molecule has 3 aromatic rings. The van der Waals surface area contributed by atoms with E-state index in [1.165, 1.54) is 25.3 Å². The molecule has 36 heavy (non-hydrogen) atoms. The number of rotatable bonds is 12. The van der Waals surface area contributed by atoms with Gasteiger partial charge in [-0.25, -0.2) is 0 Å². The number of nitrogens with one attached hydrogen (secondary N) is 1. The molecular weight excluding hydrogens is 448 g/mol. The van der Waals surface area contributed by atoms with E-state index in [0.717, 1.165) is 23.1 Å². The SMILES string of the molecule is CCCCc1ccc(COC[C@]2(c3ccccc3)c3ccccc3C(=O)N2CCCNC(C)=O)cc1. The third kappa shape index (κ3) is 5.52. The molecule has 1 aliphatic heterocycles. The number of amides is 2. The van der Waals surface area contributed by atoms with E-state index in [1.807, 2.05) is 47.4 Å². The fourth-order valence-corrected chi connectivity index (χ4v) is 5.05. The molecule has 0 saturated heterocycles. The average Bonchev–Trinajstić information content (AvgIpc) is 3.15. The van der Waals surface area contributed by atoms with Crippen LogP contribution in [0.15, 0.2) is 78.9 Å². The fraction of sp³-hybridized carbons (Fsp3) is 0.355. The zero-order valence-electron chi connectivity index (χ0n) is 21.3. The first-order chi connectivity index (χ1) is 17.6. The van der Waals surface area contributed by atoms with E-state index in [0.29, 0.717) is 38.3 Å². The van der Waals surface area contributed by atoms with E-state index in [-0.39, 0.29) is 11.8 Å². The molecule has 0 bridgehead atoms. The summed E-state index contributed by atoms with van der Waals surface area (Å²) in [6.45, 7) is 5.56. The van der Waals surface area contributed by atoms with Gasteiger partial charge in [0.1, 0.15) is 5.54 Å². The summed E-state index contributed by atoms with van der Waals surface area (Å²) in [7, 11) is 0. The second-order valence-corrected chi connectivity index (χ2v) is 9.48. The highest BCUT2D eigenvalue weighted by molar-refractivity contribution is 6.00. The predicted octanol–water partition coefficient (Wildman–Crippen LogP) is 5.47. The molecular formula is C31H36N2O3. The van der Waals surface area contributed by atoms with Gasteiger partial charge in [-0.05, 0) is 47.6 Å². The van der Waals surface area contributed by atoms with Crippen molar-refractivity contribution < 1.29 is 14.3 Å². The van der Waals surface area contributed by atoms with Crippen molar-refractivity contribution in [1.29, 1.82) is 0 Å². The number of fused-ring (bicyclic) bond motifs is 1. The summed E-state index contributed by atoms with van der Waals surface area (Å²) in [5, 5.41) is 2.85. The maximum absolute atomic E-state index is 13.7. The summed E-state index contributed by atoms with van der Waals surface area (Å²) in [6, 6.07) is 26.6. The number of carbonyl (C=O) groups excluding carboxylic acids is 2. The summed E-state index contributed by atoms with van der Waals surface area (Å²) in [5.74, 6) is -0.0643. The summed E-state index contributed by atoms with van der Waals surface area (Å²) in [4.78, 5) is 27.0. The predicted molar refractivity (Wildman–Crippen MR) is 143 cm³/mol. The second kappa shape index (κ2) is 12.0. The van der Waals surface area contributed by atoms with Gasteiger partial charge in [-0.1, -0.05) is 86.1 Å². The van der Waals surface area contributed by atoms with Crippen LogP contribution >= 0.6 is 0 Å². The molecule has 0 saturated carbocycles. The van der Waals surface area contributed by atoms with Crippen molar-refractivity contribution in [2.24, 2.45) is 0 Å². The van der Waals surface area contributed by atoms with Crippen LogP contribution < -0.4 is 5.32 Å². The zero-order chi connectivity index (χ0) is 25.4. The van der Waals surface area contributed by atoms with Gasteiger partial charge in [0.2, 0.25) is 5.91 Å². The first kappa shape index (κ1) is 25.6. The average molecular weight is 485 g/mol. The molecule has 1 atom stereocenters. The lowest BCUT2D eigenvalue weighted by atomic mass is 9.83. The van der Waals surface area contributed by atoms with Crippen LogP contribution in [0, 0.1) is 0 Å². The molecule has 0 aliphatic carbocycles. The van der Waals surface area contributed by atoms with E-state index in [9.17, 15) is 9.59 Å². The Balaban J connectivity index is 1.60. The number of hydrogen-bond acceptors (Lipinski definition) is 3. The molecule has 0 aromatic heterocycles. The van der Waals surface area contributed by atoms with Crippen LogP contribution in [0.1, 0.15) is 65.7 Å². The molecule has 0 unspecified atom stereocenters. The number of benzene rings is 3. The van der Waals surface area contributed by atoms with Gasteiger partial charge in [-0.2, -0.15) is 0 Å². The quantitative estimate of drug-likeness (QED) is 0.347. The summed E-state index contributed by atoms with van der Waals surface area (Å²) in [5.41, 5.74) is 4.44. The van der Waals surface area contributed by atoms with Crippen molar-refractivity contribution in [3.63, 3.8) is 0 Å². The highest BCUT2D eigenvalue weighted by atomic mass is 16.5. The molecule has 0 spiro atoms. The van der Waals surface area contributed by atoms with Gasteiger partial charge in [0.05, 0.1) is 13.2 Å². The first-order valence-corrected chi connectivity index (χ1v) is 12.9. The molecule has 5 heteroatoms. The van der Waals surface area contributed by atoms with Gasteiger partial charge in [-0.15, -0.1) is 0 Å². The Morgan fingerprint density at radius 3 is 2.33 bits per heavy atom. The fourth-order valence-electron chi connectivity index (χ4n) is 5.05. The molecule has 1 N–H and O–H groups in total.